The van der Waals surface area contributed by atoms with Crippen molar-refractivity contribution in [1.82, 2.24) is 15.1 Å². The molecule has 4 rings (SSSR count). The lowest BCUT2D eigenvalue weighted by atomic mass is 9.92. The van der Waals surface area contributed by atoms with Gasteiger partial charge in [0.15, 0.2) is 0 Å². The number of aromatic nitrogens is 2. The van der Waals surface area contributed by atoms with Crippen molar-refractivity contribution < 1.29 is 4.79 Å². The van der Waals surface area contributed by atoms with E-state index < -0.39 is 0 Å². The van der Waals surface area contributed by atoms with Gasteiger partial charge in [-0.1, -0.05) is 42.5 Å². The summed E-state index contributed by atoms with van der Waals surface area (Å²) < 4.78 is 0. The van der Waals surface area contributed by atoms with Gasteiger partial charge in [-0.05, 0) is 43.2 Å². The Balaban J connectivity index is 1.29. The number of carbonyl (C=O) groups excluding carboxylic acids is 1. The van der Waals surface area contributed by atoms with E-state index in [1.54, 1.807) is 0 Å². The van der Waals surface area contributed by atoms with Crippen molar-refractivity contribution in [1.29, 1.82) is 0 Å². The van der Waals surface area contributed by atoms with Crippen LogP contribution in [0, 0.1) is 5.92 Å². The van der Waals surface area contributed by atoms with E-state index in [1.165, 1.54) is 5.56 Å². The fraction of sp³-hybridized carbons (Fsp3) is 0.455. The molecule has 2 heterocycles. The molecule has 1 amide bonds. The van der Waals surface area contributed by atoms with Crippen LogP contribution < -0.4 is 0 Å². The van der Waals surface area contributed by atoms with Gasteiger partial charge in [-0.2, -0.15) is 5.10 Å². The fourth-order valence-electron chi connectivity index (χ4n) is 4.14. The van der Waals surface area contributed by atoms with Gasteiger partial charge in [0, 0.05) is 37.5 Å². The number of aromatic amines is 1. The largest absolute Gasteiger partial charge is 0.343 e. The Morgan fingerprint density at radius 1 is 1.15 bits per heavy atom. The molecule has 26 heavy (non-hydrogen) atoms. The van der Waals surface area contributed by atoms with Crippen LogP contribution in [-0.4, -0.2) is 34.1 Å². The molecule has 1 fully saturated rings. The van der Waals surface area contributed by atoms with Crippen LogP contribution in [0.1, 0.15) is 55.0 Å². The molecule has 1 aromatic heterocycles. The van der Waals surface area contributed by atoms with Crippen molar-refractivity contribution in [2.24, 2.45) is 5.92 Å². The molecule has 0 bridgehead atoms. The Morgan fingerprint density at radius 2 is 1.96 bits per heavy atom. The first-order valence-corrected chi connectivity index (χ1v) is 9.80. The Bertz CT molecular complexity index is 757. The predicted octanol–water partition coefficient (Wildman–Crippen LogP) is 4.06. The lowest BCUT2D eigenvalue weighted by molar-refractivity contribution is -0.132. The lowest BCUT2D eigenvalue weighted by Crippen LogP contribution is -2.38. The third-order valence-electron chi connectivity index (χ3n) is 5.70. The first-order chi connectivity index (χ1) is 12.8. The molecule has 1 saturated heterocycles. The maximum Gasteiger partial charge on any atom is 0.223 e. The van der Waals surface area contributed by atoms with E-state index in [2.05, 4.69) is 57.6 Å². The second-order valence-corrected chi connectivity index (χ2v) is 7.61. The second-order valence-electron chi connectivity index (χ2n) is 7.61. The van der Waals surface area contributed by atoms with Crippen LogP contribution in [0.25, 0.3) is 0 Å². The molecule has 1 N–H and O–H groups in total. The summed E-state index contributed by atoms with van der Waals surface area (Å²) in [7, 11) is 0. The van der Waals surface area contributed by atoms with E-state index in [1.807, 2.05) is 6.07 Å². The summed E-state index contributed by atoms with van der Waals surface area (Å²) in [6, 6.07) is 12.7. The number of H-pyrrole nitrogens is 1. The highest BCUT2D eigenvalue weighted by Gasteiger charge is 2.26. The zero-order valence-corrected chi connectivity index (χ0v) is 15.2. The van der Waals surface area contributed by atoms with Crippen LogP contribution >= 0.6 is 0 Å². The Hall–Kier alpha value is -2.36. The normalized spacial score (nSPS) is 20.6. The molecule has 4 nitrogen and oxygen atoms in total. The molecular formula is C22H27N3O. The molecule has 0 spiro atoms. The number of nitrogens with zero attached hydrogens (tertiary/aromatic N) is 2. The van der Waals surface area contributed by atoms with Crippen LogP contribution in [0.3, 0.4) is 0 Å². The molecule has 0 saturated carbocycles. The standard InChI is InChI=1S/C22H27N3O/c26-22(15-18-8-4-5-9-18)25-12-10-19(11-13-25)21-16-20(23-24-21)14-17-6-2-1-3-7-17/h1-4,6-8,16,18-19H,5,9-15H2,(H,23,24)/t18-/m1/s1. The number of rotatable bonds is 5. The van der Waals surface area contributed by atoms with E-state index in [-0.39, 0.29) is 0 Å². The first-order valence-electron chi connectivity index (χ1n) is 9.80. The third-order valence-corrected chi connectivity index (χ3v) is 5.70. The smallest absolute Gasteiger partial charge is 0.223 e. The van der Waals surface area contributed by atoms with Crippen molar-refractivity contribution in [3.05, 3.63) is 65.5 Å². The second kappa shape index (κ2) is 7.90. The zero-order chi connectivity index (χ0) is 17.8. The minimum absolute atomic E-state index is 0.326. The van der Waals surface area contributed by atoms with Crippen molar-refractivity contribution >= 4 is 5.91 Å². The highest BCUT2D eigenvalue weighted by atomic mass is 16.2. The molecule has 1 atom stereocenters. The third kappa shape index (κ3) is 4.06. The van der Waals surface area contributed by atoms with Crippen molar-refractivity contribution in [3.63, 3.8) is 0 Å². The van der Waals surface area contributed by atoms with E-state index in [9.17, 15) is 4.79 Å². The molecule has 1 aromatic carbocycles. The van der Waals surface area contributed by atoms with Crippen LogP contribution in [0.4, 0.5) is 0 Å². The van der Waals surface area contributed by atoms with Gasteiger partial charge in [0.05, 0.1) is 5.69 Å². The van der Waals surface area contributed by atoms with Gasteiger partial charge in [-0.15, -0.1) is 0 Å². The average molecular weight is 349 g/mol. The Kier molecular flexibility index (Phi) is 5.19. The Labute approximate surface area is 155 Å². The molecular weight excluding hydrogens is 322 g/mol. The van der Waals surface area contributed by atoms with Gasteiger partial charge in [0.1, 0.15) is 0 Å². The lowest BCUT2D eigenvalue weighted by Gasteiger charge is -2.31. The fourth-order valence-corrected chi connectivity index (χ4v) is 4.14. The van der Waals surface area contributed by atoms with E-state index in [0.29, 0.717) is 24.2 Å². The first kappa shape index (κ1) is 17.1. The molecule has 2 aliphatic rings. The Morgan fingerprint density at radius 3 is 2.69 bits per heavy atom. The van der Waals surface area contributed by atoms with Gasteiger partial charge in [0.2, 0.25) is 5.91 Å². The summed E-state index contributed by atoms with van der Waals surface area (Å²) in [5.41, 5.74) is 3.61. The zero-order valence-electron chi connectivity index (χ0n) is 15.2. The topological polar surface area (TPSA) is 49.0 Å². The number of likely N-dealkylation sites (tertiary alicyclic amines) is 1. The van der Waals surface area contributed by atoms with Gasteiger partial charge < -0.3 is 4.90 Å². The molecule has 2 aromatic rings. The molecule has 136 valence electrons. The minimum atomic E-state index is 0.326. The number of amides is 1. The number of hydrogen-bond acceptors (Lipinski definition) is 2. The molecule has 0 unspecified atom stereocenters. The summed E-state index contributed by atoms with van der Waals surface area (Å²) in [6.45, 7) is 1.72. The van der Waals surface area contributed by atoms with Crippen molar-refractivity contribution in [2.45, 2.75) is 44.4 Å². The molecule has 1 aliphatic heterocycles. The van der Waals surface area contributed by atoms with Gasteiger partial charge in [-0.3, -0.25) is 9.89 Å². The monoisotopic (exact) mass is 349 g/mol. The summed E-state index contributed by atoms with van der Waals surface area (Å²) in [5, 5.41) is 7.75. The van der Waals surface area contributed by atoms with Crippen molar-refractivity contribution in [2.75, 3.05) is 13.1 Å². The highest BCUT2D eigenvalue weighted by Crippen LogP contribution is 2.29. The van der Waals surface area contributed by atoms with Gasteiger partial charge in [-0.25, -0.2) is 0 Å². The van der Waals surface area contributed by atoms with Gasteiger partial charge >= 0.3 is 0 Å². The van der Waals surface area contributed by atoms with E-state index in [0.717, 1.165) is 56.6 Å². The predicted molar refractivity (Wildman–Crippen MR) is 103 cm³/mol. The summed E-state index contributed by atoms with van der Waals surface area (Å²) in [4.78, 5) is 14.5. The molecule has 4 heteroatoms. The highest BCUT2D eigenvalue weighted by molar-refractivity contribution is 5.76. The average Bonchev–Trinajstić information content (AvgIpc) is 3.35. The number of nitrogens with one attached hydrogen (secondary N) is 1. The molecule has 1 aliphatic carbocycles. The summed E-state index contributed by atoms with van der Waals surface area (Å²) in [5.74, 6) is 1.25. The van der Waals surface area contributed by atoms with E-state index >= 15 is 0 Å². The number of hydrogen-bond donors (Lipinski definition) is 1. The summed E-state index contributed by atoms with van der Waals surface area (Å²) >= 11 is 0. The van der Waals surface area contributed by atoms with Crippen molar-refractivity contribution in [3.8, 4) is 0 Å². The van der Waals surface area contributed by atoms with Crippen LogP contribution in [0.15, 0.2) is 48.6 Å². The number of benzene rings is 1. The molecule has 0 radical (unpaired) electrons. The van der Waals surface area contributed by atoms with E-state index in [4.69, 9.17) is 0 Å². The maximum atomic E-state index is 12.5. The van der Waals surface area contributed by atoms with Gasteiger partial charge in [0.25, 0.3) is 0 Å². The minimum Gasteiger partial charge on any atom is -0.343 e. The number of carbonyl (C=O) groups is 1. The number of allylic oxidation sites excluding steroid dienone is 2. The van der Waals surface area contributed by atoms with Crippen LogP contribution in [-0.2, 0) is 11.2 Å². The summed E-state index contributed by atoms with van der Waals surface area (Å²) in [6.07, 6.45) is 10.3. The quantitative estimate of drug-likeness (QED) is 0.828. The maximum absolute atomic E-state index is 12.5. The van der Waals surface area contributed by atoms with Crippen LogP contribution in [0.2, 0.25) is 0 Å². The number of piperidine rings is 1. The van der Waals surface area contributed by atoms with Crippen LogP contribution in [0.5, 0.6) is 0 Å². The SMILES string of the molecule is O=C(C[C@@H]1C=CCC1)N1CCC(c2cc(Cc3ccccc3)[nH]n2)CC1.